The summed E-state index contributed by atoms with van der Waals surface area (Å²) in [7, 11) is 0. The Morgan fingerprint density at radius 1 is 1.64 bits per heavy atom. The summed E-state index contributed by atoms with van der Waals surface area (Å²) in [5.41, 5.74) is 0. The first-order chi connectivity index (χ1) is 6.79. The van der Waals surface area contributed by atoms with Gasteiger partial charge in [0, 0.05) is 19.4 Å². The molecule has 1 aliphatic rings. The van der Waals surface area contributed by atoms with E-state index in [2.05, 4.69) is 22.4 Å². The molecule has 1 N–H and O–H groups in total. The van der Waals surface area contributed by atoms with Gasteiger partial charge in [0.1, 0.15) is 6.17 Å². The fraction of sp³-hybridized carbons (Fsp3) is 0.778. The van der Waals surface area contributed by atoms with Gasteiger partial charge in [-0.3, -0.25) is 0 Å². The van der Waals surface area contributed by atoms with Crippen molar-refractivity contribution in [1.29, 1.82) is 0 Å². The minimum absolute atomic E-state index is 0.0943. The second-order valence-corrected chi connectivity index (χ2v) is 3.59. The Balaban J connectivity index is 2.02. The zero-order valence-electron chi connectivity index (χ0n) is 8.16. The Bertz CT molecular complexity index is 302. The Morgan fingerprint density at radius 2 is 2.50 bits per heavy atom. The van der Waals surface area contributed by atoms with Crippen LogP contribution in [-0.4, -0.2) is 22.9 Å². The van der Waals surface area contributed by atoms with Crippen LogP contribution < -0.4 is 5.32 Å². The van der Waals surface area contributed by atoms with Crippen molar-refractivity contribution in [2.75, 3.05) is 6.54 Å². The zero-order chi connectivity index (χ0) is 9.97. The smallest absolute Gasteiger partial charge is 0.243 e. The highest BCUT2D eigenvalue weighted by Gasteiger charge is 2.28. The lowest BCUT2D eigenvalue weighted by Crippen LogP contribution is -2.14. The molecule has 5 heteroatoms. The van der Waals surface area contributed by atoms with Crippen LogP contribution in [0, 0.1) is 0 Å². The normalized spacial score (nSPS) is 27.0. The number of rotatable bonds is 3. The highest BCUT2D eigenvalue weighted by atomic mass is 19.1. The highest BCUT2D eigenvalue weighted by Crippen LogP contribution is 2.23. The fourth-order valence-corrected chi connectivity index (χ4v) is 1.61. The Morgan fingerprint density at radius 3 is 3.14 bits per heavy atom. The molecule has 1 aromatic rings. The second-order valence-electron chi connectivity index (χ2n) is 3.59. The first-order valence-electron chi connectivity index (χ1n) is 4.99. The van der Waals surface area contributed by atoms with E-state index in [1.807, 2.05) is 0 Å². The van der Waals surface area contributed by atoms with Gasteiger partial charge in [-0.25, -0.2) is 4.39 Å². The van der Waals surface area contributed by atoms with Crippen molar-refractivity contribution in [2.45, 2.75) is 38.4 Å². The lowest BCUT2D eigenvalue weighted by atomic mass is 10.2. The van der Waals surface area contributed by atoms with Crippen molar-refractivity contribution >= 4 is 0 Å². The molecule has 1 aliphatic heterocycles. The first kappa shape index (κ1) is 9.58. The third-order valence-corrected chi connectivity index (χ3v) is 2.33. The fourth-order valence-electron chi connectivity index (χ4n) is 1.61. The molecule has 0 aliphatic carbocycles. The zero-order valence-corrected chi connectivity index (χ0v) is 8.16. The number of aromatic nitrogens is 2. The van der Waals surface area contributed by atoms with Gasteiger partial charge in [0.15, 0.2) is 5.82 Å². The summed E-state index contributed by atoms with van der Waals surface area (Å²) in [6, 6.07) is -0.0943. The third kappa shape index (κ3) is 1.92. The van der Waals surface area contributed by atoms with Crippen LogP contribution >= 0.6 is 0 Å². The molecule has 0 aromatic carbocycles. The number of alkyl halides is 1. The summed E-state index contributed by atoms with van der Waals surface area (Å²) in [5, 5.41) is 6.83. The first-order valence-corrected chi connectivity index (χ1v) is 4.99. The molecule has 1 aromatic heterocycles. The Kier molecular flexibility index (Phi) is 2.77. The quantitative estimate of drug-likeness (QED) is 0.799. The number of halogens is 1. The second kappa shape index (κ2) is 4.04. The van der Waals surface area contributed by atoms with Crippen LogP contribution in [0.25, 0.3) is 0 Å². The molecule has 0 amide bonds. The number of nitrogens with one attached hydrogen (secondary N) is 1. The van der Waals surface area contributed by atoms with Gasteiger partial charge in [0.2, 0.25) is 5.89 Å². The van der Waals surface area contributed by atoms with Gasteiger partial charge in [-0.2, -0.15) is 4.98 Å². The predicted molar refractivity (Wildman–Crippen MR) is 48.5 cm³/mol. The minimum Gasteiger partial charge on any atom is -0.338 e. The molecular weight excluding hydrogens is 185 g/mol. The van der Waals surface area contributed by atoms with Gasteiger partial charge in [0.05, 0.1) is 6.04 Å². The molecule has 0 spiro atoms. The number of nitrogens with zero attached hydrogens (tertiary/aromatic N) is 2. The van der Waals surface area contributed by atoms with Crippen LogP contribution in [0.5, 0.6) is 0 Å². The SMILES string of the molecule is CCCc1noc([C@H]2C[C@H](F)CN2)n1. The molecule has 0 radical (unpaired) electrons. The van der Waals surface area contributed by atoms with E-state index >= 15 is 0 Å². The third-order valence-electron chi connectivity index (χ3n) is 2.33. The summed E-state index contributed by atoms with van der Waals surface area (Å²) in [6.07, 6.45) is 1.45. The van der Waals surface area contributed by atoms with Crippen LogP contribution in [0.3, 0.4) is 0 Å². The van der Waals surface area contributed by atoms with Gasteiger partial charge >= 0.3 is 0 Å². The van der Waals surface area contributed by atoms with Crippen LogP contribution in [0.1, 0.15) is 37.5 Å². The Labute approximate surface area is 81.9 Å². The topological polar surface area (TPSA) is 51.0 Å². The van der Waals surface area contributed by atoms with E-state index in [9.17, 15) is 4.39 Å². The molecule has 0 saturated carbocycles. The highest BCUT2D eigenvalue weighted by molar-refractivity contribution is 4.97. The van der Waals surface area contributed by atoms with E-state index in [4.69, 9.17) is 4.52 Å². The van der Waals surface area contributed by atoms with Crippen LogP contribution in [-0.2, 0) is 6.42 Å². The maximum absolute atomic E-state index is 12.9. The standard InChI is InChI=1S/C9H14FN3O/c1-2-3-8-12-9(14-13-8)7-4-6(10)5-11-7/h6-7,11H,2-5H2,1H3/t6-,7+/m0/s1. The molecule has 2 atom stereocenters. The summed E-state index contributed by atoms with van der Waals surface area (Å²) in [5.74, 6) is 1.24. The molecule has 1 saturated heterocycles. The van der Waals surface area contributed by atoms with Crippen molar-refractivity contribution in [3.05, 3.63) is 11.7 Å². The molecule has 78 valence electrons. The molecule has 14 heavy (non-hydrogen) atoms. The van der Waals surface area contributed by atoms with Crippen LogP contribution in [0.15, 0.2) is 4.52 Å². The molecule has 4 nitrogen and oxygen atoms in total. The summed E-state index contributed by atoms with van der Waals surface area (Å²) in [6.45, 7) is 2.44. The van der Waals surface area contributed by atoms with Crippen molar-refractivity contribution in [2.24, 2.45) is 0 Å². The maximum atomic E-state index is 12.9. The average Bonchev–Trinajstić information content (AvgIpc) is 2.74. The summed E-state index contributed by atoms with van der Waals surface area (Å²) < 4.78 is 17.9. The number of hydrogen-bond acceptors (Lipinski definition) is 4. The monoisotopic (exact) mass is 199 g/mol. The number of aryl methyl sites for hydroxylation is 1. The average molecular weight is 199 g/mol. The molecule has 0 bridgehead atoms. The molecule has 2 heterocycles. The van der Waals surface area contributed by atoms with Gasteiger partial charge in [0.25, 0.3) is 0 Å². The van der Waals surface area contributed by atoms with Gasteiger partial charge in [-0.05, 0) is 6.42 Å². The Hall–Kier alpha value is -0.970. The van der Waals surface area contributed by atoms with Crippen molar-refractivity contribution in [3.63, 3.8) is 0 Å². The van der Waals surface area contributed by atoms with Crippen LogP contribution in [0.2, 0.25) is 0 Å². The van der Waals surface area contributed by atoms with Gasteiger partial charge < -0.3 is 9.84 Å². The molecular formula is C9H14FN3O. The van der Waals surface area contributed by atoms with E-state index in [1.54, 1.807) is 0 Å². The van der Waals surface area contributed by atoms with Crippen LogP contribution in [0.4, 0.5) is 4.39 Å². The molecule has 0 unspecified atom stereocenters. The maximum Gasteiger partial charge on any atom is 0.243 e. The summed E-state index contributed by atoms with van der Waals surface area (Å²) in [4.78, 5) is 4.21. The summed E-state index contributed by atoms with van der Waals surface area (Å²) >= 11 is 0. The van der Waals surface area contributed by atoms with Crippen molar-refractivity contribution < 1.29 is 8.91 Å². The van der Waals surface area contributed by atoms with Gasteiger partial charge in [-0.15, -0.1) is 0 Å². The van der Waals surface area contributed by atoms with E-state index < -0.39 is 6.17 Å². The lowest BCUT2D eigenvalue weighted by Gasteiger charge is -2.00. The lowest BCUT2D eigenvalue weighted by molar-refractivity contribution is 0.322. The van der Waals surface area contributed by atoms with E-state index in [0.29, 0.717) is 24.7 Å². The van der Waals surface area contributed by atoms with E-state index in [0.717, 1.165) is 12.8 Å². The predicted octanol–water partition coefficient (Wildman–Crippen LogP) is 1.39. The minimum atomic E-state index is -0.790. The van der Waals surface area contributed by atoms with E-state index in [-0.39, 0.29) is 6.04 Å². The molecule has 2 rings (SSSR count). The van der Waals surface area contributed by atoms with E-state index in [1.165, 1.54) is 0 Å². The number of hydrogen-bond donors (Lipinski definition) is 1. The van der Waals surface area contributed by atoms with Crippen molar-refractivity contribution in [1.82, 2.24) is 15.5 Å². The van der Waals surface area contributed by atoms with Gasteiger partial charge in [-0.1, -0.05) is 12.1 Å². The van der Waals surface area contributed by atoms with Crippen molar-refractivity contribution in [3.8, 4) is 0 Å². The largest absolute Gasteiger partial charge is 0.338 e. The molecule has 1 fully saturated rings.